The van der Waals surface area contributed by atoms with Crippen LogP contribution in [0.1, 0.15) is 34.9 Å². The largest absolute Gasteiger partial charge is 0.351 e. The highest BCUT2D eigenvalue weighted by Crippen LogP contribution is 2.26. The lowest BCUT2D eigenvalue weighted by molar-refractivity contribution is 0.0701. The van der Waals surface area contributed by atoms with Crippen LogP contribution in [0.2, 0.25) is 0 Å². The number of nitrogens with one attached hydrogen (secondary N) is 2. The Morgan fingerprint density at radius 3 is 2.96 bits per heavy atom. The fraction of sp³-hybridized carbons (Fsp3) is 0.278. The maximum Gasteiger partial charge on any atom is 0.345 e. The van der Waals surface area contributed by atoms with E-state index in [9.17, 15) is 14.0 Å². The summed E-state index contributed by atoms with van der Waals surface area (Å²) in [6.45, 7) is 1.19. The normalized spacial score (nSPS) is 17.8. The molecule has 25 heavy (non-hydrogen) atoms. The third kappa shape index (κ3) is 3.05. The second-order valence-electron chi connectivity index (χ2n) is 6.34. The van der Waals surface area contributed by atoms with Crippen LogP contribution < -0.4 is 5.69 Å². The minimum atomic E-state index is -0.376. The molecule has 6 nitrogen and oxygen atoms in total. The summed E-state index contributed by atoms with van der Waals surface area (Å²) in [5.74, 6) is -0.363. The van der Waals surface area contributed by atoms with E-state index in [0.29, 0.717) is 24.2 Å². The van der Waals surface area contributed by atoms with E-state index in [0.717, 1.165) is 24.1 Å². The molecule has 0 aliphatic carbocycles. The van der Waals surface area contributed by atoms with Crippen molar-refractivity contribution in [3.63, 3.8) is 0 Å². The molecule has 1 aliphatic heterocycles. The van der Waals surface area contributed by atoms with Gasteiger partial charge in [-0.15, -0.1) is 0 Å². The van der Waals surface area contributed by atoms with Gasteiger partial charge in [0.15, 0.2) is 0 Å². The standard InChI is InChI=1S/C18H17FN4O2/c19-13-3-4-14-12(8-13)9-16(21-14)17(24)23-7-1-2-11(10-23)15-5-6-20-18(25)22-15/h3-6,8-9,11,21H,1-2,7,10H2,(H,20,22,25)/t11-/m1/s1. The SMILES string of the molecule is O=C(c1cc2cc(F)ccc2[nH]1)N1CCC[C@@H](c2ccnc(=O)[nH]2)C1. The summed E-state index contributed by atoms with van der Waals surface area (Å²) in [6.07, 6.45) is 3.25. The Morgan fingerprint density at radius 1 is 1.24 bits per heavy atom. The smallest absolute Gasteiger partial charge is 0.345 e. The Morgan fingerprint density at radius 2 is 2.12 bits per heavy atom. The van der Waals surface area contributed by atoms with Gasteiger partial charge < -0.3 is 14.9 Å². The molecule has 0 unspecified atom stereocenters. The van der Waals surface area contributed by atoms with E-state index in [-0.39, 0.29) is 23.3 Å². The van der Waals surface area contributed by atoms with Crippen molar-refractivity contribution in [2.75, 3.05) is 13.1 Å². The Bertz CT molecular complexity index is 994. The predicted octanol–water partition coefficient (Wildman–Crippen LogP) is 2.41. The fourth-order valence-corrected chi connectivity index (χ4v) is 3.43. The zero-order valence-electron chi connectivity index (χ0n) is 13.5. The van der Waals surface area contributed by atoms with E-state index in [4.69, 9.17) is 0 Å². The molecule has 3 heterocycles. The van der Waals surface area contributed by atoms with E-state index >= 15 is 0 Å². The minimum Gasteiger partial charge on any atom is -0.351 e. The molecule has 0 spiro atoms. The van der Waals surface area contributed by atoms with Crippen molar-refractivity contribution < 1.29 is 9.18 Å². The van der Waals surface area contributed by atoms with Gasteiger partial charge in [-0.3, -0.25) is 4.79 Å². The minimum absolute atomic E-state index is 0.0789. The molecular formula is C18H17FN4O2. The number of amides is 1. The molecule has 2 aromatic heterocycles. The monoisotopic (exact) mass is 340 g/mol. The van der Waals surface area contributed by atoms with Gasteiger partial charge in [0.25, 0.3) is 5.91 Å². The van der Waals surface area contributed by atoms with Gasteiger partial charge in [-0.1, -0.05) is 0 Å². The Hall–Kier alpha value is -2.96. The molecule has 128 valence electrons. The molecule has 0 radical (unpaired) electrons. The van der Waals surface area contributed by atoms with Crippen LogP contribution in [0.25, 0.3) is 10.9 Å². The number of likely N-dealkylation sites (tertiary alicyclic amines) is 1. The van der Waals surface area contributed by atoms with Gasteiger partial charge in [-0.2, -0.15) is 0 Å². The van der Waals surface area contributed by atoms with Gasteiger partial charge >= 0.3 is 5.69 Å². The molecule has 4 rings (SSSR count). The van der Waals surface area contributed by atoms with Crippen molar-refractivity contribution in [2.45, 2.75) is 18.8 Å². The summed E-state index contributed by atoms with van der Waals surface area (Å²) in [5.41, 5.74) is 1.61. The van der Waals surface area contributed by atoms with Gasteiger partial charge in [0.1, 0.15) is 11.5 Å². The van der Waals surface area contributed by atoms with Crippen molar-refractivity contribution in [1.29, 1.82) is 0 Å². The first-order valence-electron chi connectivity index (χ1n) is 8.23. The van der Waals surface area contributed by atoms with Crippen LogP contribution in [0, 0.1) is 5.82 Å². The quantitative estimate of drug-likeness (QED) is 0.752. The first-order chi connectivity index (χ1) is 12.1. The number of hydrogen-bond acceptors (Lipinski definition) is 3. The van der Waals surface area contributed by atoms with E-state index in [2.05, 4.69) is 15.0 Å². The molecular weight excluding hydrogens is 323 g/mol. The lowest BCUT2D eigenvalue weighted by Crippen LogP contribution is -2.39. The Labute approximate surface area is 142 Å². The van der Waals surface area contributed by atoms with Gasteiger partial charge in [-0.05, 0) is 43.2 Å². The number of aromatic nitrogens is 3. The summed E-state index contributed by atoms with van der Waals surface area (Å²) < 4.78 is 13.3. The number of H-pyrrole nitrogens is 2. The van der Waals surface area contributed by atoms with Gasteiger partial charge in [0.05, 0.1) is 0 Å². The van der Waals surface area contributed by atoms with E-state index in [1.165, 1.54) is 18.3 Å². The maximum atomic E-state index is 13.3. The van der Waals surface area contributed by atoms with Crippen molar-refractivity contribution >= 4 is 16.8 Å². The molecule has 1 saturated heterocycles. The lowest BCUT2D eigenvalue weighted by atomic mass is 9.94. The molecule has 1 fully saturated rings. The predicted molar refractivity (Wildman–Crippen MR) is 91.0 cm³/mol. The second-order valence-corrected chi connectivity index (χ2v) is 6.34. The summed E-state index contributed by atoms with van der Waals surface area (Å²) >= 11 is 0. The molecule has 0 saturated carbocycles. The van der Waals surface area contributed by atoms with Crippen LogP contribution >= 0.6 is 0 Å². The molecule has 7 heteroatoms. The van der Waals surface area contributed by atoms with Crippen LogP contribution in [0.3, 0.4) is 0 Å². The van der Waals surface area contributed by atoms with Crippen LogP contribution in [0.5, 0.6) is 0 Å². The summed E-state index contributed by atoms with van der Waals surface area (Å²) in [6, 6.07) is 7.86. The zero-order valence-corrected chi connectivity index (χ0v) is 13.5. The van der Waals surface area contributed by atoms with Crippen molar-refractivity contribution in [3.05, 3.63) is 64.2 Å². The molecule has 0 bridgehead atoms. The van der Waals surface area contributed by atoms with Crippen molar-refractivity contribution in [1.82, 2.24) is 19.9 Å². The summed E-state index contributed by atoms with van der Waals surface area (Å²) in [7, 11) is 0. The van der Waals surface area contributed by atoms with Gasteiger partial charge in [0.2, 0.25) is 0 Å². The molecule has 3 aromatic rings. The first-order valence-corrected chi connectivity index (χ1v) is 8.23. The average molecular weight is 340 g/mol. The van der Waals surface area contributed by atoms with E-state index in [1.807, 2.05) is 0 Å². The highest BCUT2D eigenvalue weighted by molar-refractivity contribution is 5.98. The number of benzene rings is 1. The fourth-order valence-electron chi connectivity index (χ4n) is 3.43. The van der Waals surface area contributed by atoms with E-state index < -0.39 is 0 Å². The van der Waals surface area contributed by atoms with Crippen LogP contribution in [0.15, 0.2) is 41.3 Å². The number of hydrogen-bond donors (Lipinski definition) is 2. The summed E-state index contributed by atoms with van der Waals surface area (Å²) in [5, 5.41) is 0.676. The highest BCUT2D eigenvalue weighted by atomic mass is 19.1. The number of carbonyl (C=O) groups is 1. The van der Waals surface area contributed by atoms with Gasteiger partial charge in [0, 0.05) is 41.8 Å². The molecule has 1 aromatic carbocycles. The number of carbonyl (C=O) groups excluding carboxylic acids is 1. The van der Waals surface area contributed by atoms with Crippen molar-refractivity contribution in [2.24, 2.45) is 0 Å². The number of aromatic amines is 2. The van der Waals surface area contributed by atoms with Crippen LogP contribution in [-0.4, -0.2) is 38.8 Å². The molecule has 1 aliphatic rings. The average Bonchev–Trinajstić information content (AvgIpc) is 3.04. The third-order valence-corrected chi connectivity index (χ3v) is 4.66. The lowest BCUT2D eigenvalue weighted by Gasteiger charge is -2.32. The number of halogens is 1. The van der Waals surface area contributed by atoms with E-state index in [1.54, 1.807) is 23.1 Å². The Kier molecular flexibility index (Phi) is 3.83. The number of nitrogens with zero attached hydrogens (tertiary/aromatic N) is 2. The maximum absolute atomic E-state index is 13.3. The van der Waals surface area contributed by atoms with Crippen LogP contribution in [0.4, 0.5) is 4.39 Å². The molecule has 1 atom stereocenters. The second kappa shape index (κ2) is 6.16. The van der Waals surface area contributed by atoms with Crippen molar-refractivity contribution in [3.8, 4) is 0 Å². The topological polar surface area (TPSA) is 81.8 Å². The van der Waals surface area contributed by atoms with Crippen LogP contribution in [-0.2, 0) is 0 Å². The Balaban J connectivity index is 1.57. The summed E-state index contributed by atoms with van der Waals surface area (Å²) in [4.78, 5) is 35.4. The first kappa shape index (κ1) is 15.6. The number of piperidine rings is 1. The highest BCUT2D eigenvalue weighted by Gasteiger charge is 2.27. The zero-order chi connectivity index (χ0) is 17.4. The van der Waals surface area contributed by atoms with Gasteiger partial charge in [-0.25, -0.2) is 14.2 Å². The molecule has 1 amide bonds. The number of rotatable bonds is 2. The third-order valence-electron chi connectivity index (χ3n) is 4.66. The molecule has 2 N–H and O–H groups in total. The number of fused-ring (bicyclic) bond motifs is 1.